The van der Waals surface area contributed by atoms with E-state index in [0.717, 1.165) is 57.2 Å². The third-order valence-electron chi connectivity index (χ3n) is 8.84. The SMILES string of the molecule is CC(=O)Oc1cccc(C23CCN(C)CC2C(OC(C)=O)CC(N(C)C(=O)CCCCCc2ccccc2)C3)c1. The molecule has 1 aliphatic carbocycles. The summed E-state index contributed by atoms with van der Waals surface area (Å²) in [5.41, 5.74) is 2.10. The normalized spacial score (nSPS) is 24.6. The molecule has 1 aliphatic heterocycles. The van der Waals surface area contributed by atoms with Crippen LogP contribution in [-0.4, -0.2) is 67.0 Å². The Labute approximate surface area is 238 Å². The summed E-state index contributed by atoms with van der Waals surface area (Å²) in [7, 11) is 4.00. The van der Waals surface area contributed by atoms with E-state index in [1.165, 1.54) is 19.4 Å². The van der Waals surface area contributed by atoms with E-state index < -0.39 is 0 Å². The highest BCUT2D eigenvalue weighted by Crippen LogP contribution is 2.51. The van der Waals surface area contributed by atoms with E-state index in [-0.39, 0.29) is 41.3 Å². The van der Waals surface area contributed by atoms with Crippen molar-refractivity contribution in [3.8, 4) is 5.75 Å². The van der Waals surface area contributed by atoms with E-state index in [1.807, 2.05) is 30.1 Å². The molecule has 1 saturated carbocycles. The van der Waals surface area contributed by atoms with Crippen LogP contribution in [0.5, 0.6) is 5.75 Å². The maximum Gasteiger partial charge on any atom is 0.308 e. The number of rotatable bonds is 10. The molecule has 2 aromatic rings. The second-order valence-electron chi connectivity index (χ2n) is 11.7. The van der Waals surface area contributed by atoms with E-state index in [4.69, 9.17) is 9.47 Å². The number of hydrogen-bond acceptors (Lipinski definition) is 6. The molecule has 7 heteroatoms. The summed E-state index contributed by atoms with van der Waals surface area (Å²) < 4.78 is 11.4. The lowest BCUT2D eigenvalue weighted by molar-refractivity contribution is -0.160. The van der Waals surface area contributed by atoms with Crippen molar-refractivity contribution in [1.82, 2.24) is 9.80 Å². The Morgan fingerprint density at radius 3 is 2.50 bits per heavy atom. The highest BCUT2D eigenvalue weighted by Gasteiger charge is 2.54. The van der Waals surface area contributed by atoms with Gasteiger partial charge in [-0.25, -0.2) is 0 Å². The number of carbonyl (C=O) groups excluding carboxylic acids is 3. The van der Waals surface area contributed by atoms with E-state index >= 15 is 0 Å². The van der Waals surface area contributed by atoms with Gasteiger partial charge in [-0.3, -0.25) is 14.4 Å². The molecule has 1 saturated heterocycles. The van der Waals surface area contributed by atoms with E-state index in [0.29, 0.717) is 18.6 Å². The molecular weight excluding hydrogens is 504 g/mol. The van der Waals surface area contributed by atoms with Crippen LogP contribution < -0.4 is 4.74 Å². The highest BCUT2D eigenvalue weighted by atomic mass is 16.5. The Bertz CT molecular complexity index is 1170. The molecule has 2 fully saturated rings. The monoisotopic (exact) mass is 548 g/mol. The van der Waals surface area contributed by atoms with Gasteiger partial charge in [0.2, 0.25) is 5.91 Å². The molecule has 1 amide bonds. The molecule has 0 N–H and O–H groups in total. The van der Waals surface area contributed by atoms with Crippen molar-refractivity contribution in [2.75, 3.05) is 27.2 Å². The number of ether oxygens (including phenoxy) is 2. The van der Waals surface area contributed by atoms with Gasteiger partial charge in [-0.1, -0.05) is 48.9 Å². The van der Waals surface area contributed by atoms with Crippen LogP contribution in [0.15, 0.2) is 54.6 Å². The van der Waals surface area contributed by atoms with Crippen LogP contribution in [0, 0.1) is 5.92 Å². The molecule has 2 aliphatic rings. The zero-order valence-electron chi connectivity index (χ0n) is 24.4. The summed E-state index contributed by atoms with van der Waals surface area (Å²) >= 11 is 0. The van der Waals surface area contributed by atoms with Gasteiger partial charge in [0.25, 0.3) is 0 Å². The van der Waals surface area contributed by atoms with Crippen LogP contribution in [0.4, 0.5) is 0 Å². The maximum absolute atomic E-state index is 13.4. The molecule has 2 aromatic carbocycles. The molecule has 0 bridgehead atoms. The van der Waals surface area contributed by atoms with Gasteiger partial charge in [0, 0.05) is 57.7 Å². The van der Waals surface area contributed by atoms with Crippen LogP contribution in [0.1, 0.15) is 69.9 Å². The van der Waals surface area contributed by atoms with Crippen LogP contribution in [0.25, 0.3) is 0 Å². The van der Waals surface area contributed by atoms with Gasteiger partial charge >= 0.3 is 11.9 Å². The number of likely N-dealkylation sites (tertiary alicyclic amines) is 1. The van der Waals surface area contributed by atoms with Crippen LogP contribution in [-0.2, 0) is 31.0 Å². The van der Waals surface area contributed by atoms with Gasteiger partial charge in [-0.15, -0.1) is 0 Å². The van der Waals surface area contributed by atoms with E-state index in [9.17, 15) is 14.4 Å². The lowest BCUT2D eigenvalue weighted by Crippen LogP contribution is -2.61. The Kier molecular flexibility index (Phi) is 10.0. The average Bonchev–Trinajstić information content (AvgIpc) is 2.92. The van der Waals surface area contributed by atoms with Gasteiger partial charge in [0.1, 0.15) is 11.9 Å². The number of esters is 2. The predicted octanol–water partition coefficient (Wildman–Crippen LogP) is 5.16. The number of carbonyl (C=O) groups is 3. The second-order valence-corrected chi connectivity index (χ2v) is 11.7. The summed E-state index contributed by atoms with van der Waals surface area (Å²) in [6.07, 6.45) is 6.45. The van der Waals surface area contributed by atoms with Crippen LogP contribution in [0.3, 0.4) is 0 Å². The van der Waals surface area contributed by atoms with Gasteiger partial charge in [0.05, 0.1) is 0 Å². The maximum atomic E-state index is 13.4. The van der Waals surface area contributed by atoms with Gasteiger partial charge in [0.15, 0.2) is 0 Å². The Morgan fingerprint density at radius 1 is 1.00 bits per heavy atom. The van der Waals surface area contributed by atoms with Crippen LogP contribution >= 0.6 is 0 Å². The smallest absolute Gasteiger partial charge is 0.308 e. The first-order valence-electron chi connectivity index (χ1n) is 14.6. The fourth-order valence-corrected chi connectivity index (χ4v) is 6.80. The van der Waals surface area contributed by atoms with Crippen LogP contribution in [0.2, 0.25) is 0 Å². The third kappa shape index (κ3) is 7.30. The lowest BCUT2D eigenvalue weighted by atomic mass is 9.56. The number of piperidine rings is 1. The Hall–Kier alpha value is -3.19. The summed E-state index contributed by atoms with van der Waals surface area (Å²) in [6.45, 7) is 4.55. The molecule has 1 heterocycles. The average molecular weight is 549 g/mol. The summed E-state index contributed by atoms with van der Waals surface area (Å²) in [4.78, 5) is 41.5. The predicted molar refractivity (Wildman–Crippen MR) is 155 cm³/mol. The van der Waals surface area contributed by atoms with Crippen molar-refractivity contribution in [2.45, 2.75) is 82.8 Å². The minimum Gasteiger partial charge on any atom is -0.462 e. The topological polar surface area (TPSA) is 76.2 Å². The minimum atomic E-state index is -0.358. The Balaban J connectivity index is 1.50. The van der Waals surface area contributed by atoms with Crippen molar-refractivity contribution < 1.29 is 23.9 Å². The first kappa shape index (κ1) is 29.8. The van der Waals surface area contributed by atoms with Gasteiger partial charge in [-0.05, 0) is 69.0 Å². The zero-order valence-corrected chi connectivity index (χ0v) is 24.4. The standard InChI is InChI=1S/C33H44N2O5/c1-24(36)39-29-16-11-15-27(20-29)33-18-19-34(3)23-30(33)31(40-25(2)37)21-28(22-33)35(4)32(38)17-10-6-9-14-26-12-7-5-8-13-26/h5,7-8,11-13,15-16,20,28,30-31H,6,9-10,14,17-19,21-23H2,1-4H3. The lowest BCUT2D eigenvalue weighted by Gasteiger charge is -2.56. The summed E-state index contributed by atoms with van der Waals surface area (Å²) in [6, 6.07) is 18.2. The van der Waals surface area contributed by atoms with E-state index in [1.54, 1.807) is 6.07 Å². The van der Waals surface area contributed by atoms with E-state index in [2.05, 4.69) is 42.3 Å². The molecule has 0 spiro atoms. The number of hydrogen-bond donors (Lipinski definition) is 0. The Morgan fingerprint density at radius 2 is 1.77 bits per heavy atom. The number of unbranched alkanes of at least 4 members (excludes halogenated alkanes) is 2. The van der Waals surface area contributed by atoms with Crippen molar-refractivity contribution in [3.05, 3.63) is 65.7 Å². The number of benzene rings is 2. The first-order valence-corrected chi connectivity index (χ1v) is 14.6. The fraction of sp³-hybridized carbons (Fsp3) is 0.545. The molecule has 4 unspecified atom stereocenters. The number of aryl methyl sites for hydroxylation is 1. The molecule has 0 aromatic heterocycles. The zero-order chi connectivity index (χ0) is 28.7. The fourth-order valence-electron chi connectivity index (χ4n) is 6.80. The number of nitrogens with zero attached hydrogens (tertiary/aromatic N) is 2. The summed E-state index contributed by atoms with van der Waals surface area (Å²) in [5, 5.41) is 0. The molecule has 40 heavy (non-hydrogen) atoms. The number of fused-ring (bicyclic) bond motifs is 1. The second kappa shape index (κ2) is 13.4. The van der Waals surface area contributed by atoms with Gasteiger partial charge in [-0.2, -0.15) is 0 Å². The molecule has 0 radical (unpaired) electrons. The van der Waals surface area contributed by atoms with Crippen molar-refractivity contribution in [3.63, 3.8) is 0 Å². The van der Waals surface area contributed by atoms with Crippen molar-refractivity contribution in [1.29, 1.82) is 0 Å². The minimum absolute atomic E-state index is 0.0572. The quantitative estimate of drug-likeness (QED) is 0.232. The third-order valence-corrected chi connectivity index (χ3v) is 8.84. The first-order chi connectivity index (χ1) is 19.2. The molecule has 4 atom stereocenters. The van der Waals surface area contributed by atoms with Gasteiger partial charge < -0.3 is 19.3 Å². The molecule has 4 rings (SSSR count). The number of amides is 1. The summed E-state index contributed by atoms with van der Waals surface area (Å²) in [5.74, 6) is 0.0712. The molecule has 7 nitrogen and oxygen atoms in total. The largest absolute Gasteiger partial charge is 0.462 e. The van der Waals surface area contributed by atoms with Crippen molar-refractivity contribution in [2.24, 2.45) is 5.92 Å². The van der Waals surface area contributed by atoms with Crippen molar-refractivity contribution >= 4 is 17.8 Å². The highest BCUT2D eigenvalue weighted by molar-refractivity contribution is 5.76. The molecular formula is C33H44N2O5. The molecule has 216 valence electrons.